The first kappa shape index (κ1) is 29.0. The molecule has 0 spiro atoms. The summed E-state index contributed by atoms with van der Waals surface area (Å²) in [6.45, 7) is 9.71. The fourth-order valence-corrected chi connectivity index (χ4v) is 4.02. The van der Waals surface area contributed by atoms with Gasteiger partial charge in [-0.2, -0.15) is 13.2 Å². The van der Waals surface area contributed by atoms with Gasteiger partial charge in [0.25, 0.3) is 0 Å². The molecule has 0 aliphatic rings. The van der Waals surface area contributed by atoms with Crippen LogP contribution in [0, 0.1) is 18.8 Å². The number of benzene rings is 2. The van der Waals surface area contributed by atoms with Crippen molar-refractivity contribution in [3.63, 3.8) is 0 Å². The van der Waals surface area contributed by atoms with Crippen molar-refractivity contribution in [1.82, 2.24) is 0 Å². The summed E-state index contributed by atoms with van der Waals surface area (Å²) >= 11 is 12.2. The summed E-state index contributed by atoms with van der Waals surface area (Å²) in [6.07, 6.45) is -4.30. The van der Waals surface area contributed by atoms with Crippen LogP contribution in [-0.4, -0.2) is 23.7 Å². The summed E-state index contributed by atoms with van der Waals surface area (Å²) in [5, 5.41) is 3.13. The number of ether oxygens (including phenoxy) is 1. The lowest BCUT2D eigenvalue weighted by Crippen LogP contribution is -2.34. The molecule has 0 aliphatic heterocycles. The number of carbonyl (C=O) groups excluding carboxylic acids is 2. The monoisotopic (exact) mass is 531 g/mol. The van der Waals surface area contributed by atoms with E-state index in [1.54, 1.807) is 46.8 Å². The van der Waals surface area contributed by atoms with Crippen LogP contribution in [0.15, 0.2) is 36.4 Å². The van der Waals surface area contributed by atoms with E-state index >= 15 is 0 Å². The van der Waals surface area contributed by atoms with Gasteiger partial charge >= 0.3 is 12.1 Å². The maximum atomic E-state index is 13.6. The molecule has 0 aliphatic carbocycles. The highest BCUT2D eigenvalue weighted by atomic mass is 35.5. The van der Waals surface area contributed by atoms with Crippen molar-refractivity contribution < 1.29 is 27.5 Å². The first-order valence-corrected chi connectivity index (χ1v) is 11.9. The number of nitrogens with one attached hydrogen (secondary N) is 1. The molecular formula is C26H30Cl2F3NO3. The number of amides is 1. The lowest BCUT2D eigenvalue weighted by atomic mass is 9.85. The van der Waals surface area contributed by atoms with Gasteiger partial charge in [0, 0.05) is 5.02 Å². The maximum Gasteiger partial charge on any atom is 0.392 e. The van der Waals surface area contributed by atoms with E-state index in [2.05, 4.69) is 5.32 Å². The van der Waals surface area contributed by atoms with E-state index in [4.69, 9.17) is 27.9 Å². The Morgan fingerprint density at radius 1 is 1.00 bits per heavy atom. The van der Waals surface area contributed by atoms with Gasteiger partial charge in [0.2, 0.25) is 5.91 Å². The third-order valence-electron chi connectivity index (χ3n) is 5.64. The molecule has 3 atom stereocenters. The second kappa shape index (κ2) is 11.2. The van der Waals surface area contributed by atoms with Gasteiger partial charge in [0.05, 0.1) is 28.5 Å². The molecule has 0 aromatic heterocycles. The van der Waals surface area contributed by atoms with E-state index < -0.39 is 35.4 Å². The molecule has 0 saturated carbocycles. The molecule has 1 N–H and O–H groups in total. The zero-order valence-corrected chi connectivity index (χ0v) is 22.0. The summed E-state index contributed by atoms with van der Waals surface area (Å²) in [7, 11) is 0. The number of rotatable bonds is 7. The van der Waals surface area contributed by atoms with Crippen molar-refractivity contribution in [2.45, 2.75) is 65.7 Å². The van der Waals surface area contributed by atoms with Gasteiger partial charge in [-0.15, -0.1) is 0 Å². The van der Waals surface area contributed by atoms with Crippen LogP contribution >= 0.6 is 23.2 Å². The second-order valence-electron chi connectivity index (χ2n) is 9.69. The minimum Gasteiger partial charge on any atom is -0.460 e. The zero-order chi connectivity index (χ0) is 26.7. The van der Waals surface area contributed by atoms with E-state index in [9.17, 15) is 22.8 Å². The van der Waals surface area contributed by atoms with Crippen LogP contribution < -0.4 is 5.32 Å². The van der Waals surface area contributed by atoms with Crippen molar-refractivity contribution in [3.05, 3.63) is 63.1 Å². The number of anilines is 1. The molecule has 4 nitrogen and oxygen atoms in total. The standard InChI is InChI=1S/C26H30Cl2F3NO3/c1-14(24(34)35-25(4,5)6)13-18-9-12-20(28)22(15(18)2)32-23(33)21(16(3)26(29,30)31)17-7-10-19(27)11-8-17/h7-12,14,16,21H,13H2,1-6H3,(H,32,33)/t14-,16+,21-/m0/s1. The van der Waals surface area contributed by atoms with Crippen molar-refractivity contribution in [2.75, 3.05) is 5.32 Å². The molecule has 0 fully saturated rings. The average molecular weight is 532 g/mol. The van der Waals surface area contributed by atoms with Crippen molar-refractivity contribution in [1.29, 1.82) is 0 Å². The summed E-state index contributed by atoms with van der Waals surface area (Å²) in [6, 6.07) is 8.97. The number of hydrogen-bond donors (Lipinski definition) is 1. The Labute approximate surface area is 214 Å². The Hall–Kier alpha value is -2.25. The van der Waals surface area contributed by atoms with Crippen LogP contribution in [-0.2, 0) is 20.7 Å². The van der Waals surface area contributed by atoms with Gasteiger partial charge in [-0.3, -0.25) is 9.59 Å². The van der Waals surface area contributed by atoms with Crippen molar-refractivity contribution >= 4 is 40.8 Å². The molecule has 35 heavy (non-hydrogen) atoms. The lowest BCUT2D eigenvalue weighted by Gasteiger charge is -2.27. The normalized spacial score (nSPS) is 14.7. The quantitative estimate of drug-likeness (QED) is 0.371. The van der Waals surface area contributed by atoms with Gasteiger partial charge in [-0.25, -0.2) is 0 Å². The zero-order valence-electron chi connectivity index (χ0n) is 20.5. The highest BCUT2D eigenvalue weighted by Crippen LogP contribution is 2.39. The van der Waals surface area contributed by atoms with Crippen LogP contribution in [0.5, 0.6) is 0 Å². The van der Waals surface area contributed by atoms with Crippen molar-refractivity contribution in [2.24, 2.45) is 11.8 Å². The van der Waals surface area contributed by atoms with Crippen molar-refractivity contribution in [3.8, 4) is 0 Å². The summed E-state index contributed by atoms with van der Waals surface area (Å²) < 4.78 is 46.4. The molecule has 1 amide bonds. The van der Waals surface area contributed by atoms with E-state index in [0.29, 0.717) is 17.0 Å². The summed E-state index contributed by atoms with van der Waals surface area (Å²) in [5.74, 6) is -5.19. The van der Waals surface area contributed by atoms with Crippen LogP contribution in [0.4, 0.5) is 18.9 Å². The Morgan fingerprint density at radius 3 is 2.09 bits per heavy atom. The lowest BCUT2D eigenvalue weighted by molar-refractivity contribution is -0.178. The molecule has 2 rings (SSSR count). The predicted octanol–water partition coefficient (Wildman–Crippen LogP) is 7.74. The minimum absolute atomic E-state index is 0.180. The summed E-state index contributed by atoms with van der Waals surface area (Å²) in [4.78, 5) is 25.6. The molecule has 0 radical (unpaired) electrons. The molecule has 9 heteroatoms. The van der Waals surface area contributed by atoms with Gasteiger partial charge in [0.15, 0.2) is 0 Å². The van der Waals surface area contributed by atoms with E-state index in [1.807, 2.05) is 0 Å². The van der Waals surface area contributed by atoms with Crippen LogP contribution in [0.2, 0.25) is 10.0 Å². The number of alkyl halides is 3. The Balaban J connectivity index is 2.36. The average Bonchev–Trinajstić information content (AvgIpc) is 2.72. The predicted molar refractivity (Wildman–Crippen MR) is 133 cm³/mol. The second-order valence-corrected chi connectivity index (χ2v) is 10.5. The van der Waals surface area contributed by atoms with Crippen LogP contribution in [0.3, 0.4) is 0 Å². The topological polar surface area (TPSA) is 55.4 Å². The Kier molecular flexibility index (Phi) is 9.28. The molecule has 2 aromatic carbocycles. The van der Waals surface area contributed by atoms with Gasteiger partial charge in [-0.1, -0.05) is 55.2 Å². The maximum absolute atomic E-state index is 13.6. The Bertz CT molecular complexity index is 1060. The SMILES string of the molecule is Cc1c(C[C@H](C)C(=O)OC(C)(C)C)ccc(Cl)c1NC(=O)[C@H](c1ccc(Cl)cc1)[C@@H](C)C(F)(F)F. The summed E-state index contributed by atoms with van der Waals surface area (Å²) in [5.41, 5.74) is 1.04. The van der Waals surface area contributed by atoms with Gasteiger partial charge in [-0.05, 0) is 69.0 Å². The van der Waals surface area contributed by atoms with E-state index in [1.165, 1.54) is 24.3 Å². The fraction of sp³-hybridized carbons (Fsp3) is 0.462. The van der Waals surface area contributed by atoms with Gasteiger partial charge in [0.1, 0.15) is 5.60 Å². The molecule has 0 heterocycles. The molecule has 0 unspecified atom stereocenters. The molecule has 0 saturated heterocycles. The number of esters is 1. The number of halogens is 5. The molecular weight excluding hydrogens is 502 g/mol. The van der Waals surface area contributed by atoms with Gasteiger partial charge < -0.3 is 10.1 Å². The fourth-order valence-electron chi connectivity index (χ4n) is 3.64. The Morgan fingerprint density at radius 2 is 1.57 bits per heavy atom. The first-order chi connectivity index (χ1) is 16.0. The number of hydrogen-bond acceptors (Lipinski definition) is 3. The molecule has 2 aromatic rings. The smallest absolute Gasteiger partial charge is 0.392 e. The minimum atomic E-state index is -4.61. The first-order valence-electron chi connectivity index (χ1n) is 11.1. The van der Waals surface area contributed by atoms with Crippen LogP contribution in [0.25, 0.3) is 0 Å². The third kappa shape index (κ3) is 7.87. The largest absolute Gasteiger partial charge is 0.460 e. The highest BCUT2D eigenvalue weighted by molar-refractivity contribution is 6.34. The van der Waals surface area contributed by atoms with E-state index in [-0.39, 0.29) is 22.2 Å². The third-order valence-corrected chi connectivity index (χ3v) is 6.20. The molecule has 0 bridgehead atoms. The van der Waals surface area contributed by atoms with Crippen LogP contribution in [0.1, 0.15) is 57.2 Å². The highest BCUT2D eigenvalue weighted by Gasteiger charge is 2.45. The van der Waals surface area contributed by atoms with E-state index in [0.717, 1.165) is 12.5 Å². The molecule has 192 valence electrons. The number of carbonyl (C=O) groups is 2.